The summed E-state index contributed by atoms with van der Waals surface area (Å²) in [5.74, 6) is -2.38. The molecule has 0 fully saturated rings. The predicted octanol–water partition coefficient (Wildman–Crippen LogP) is 3.66. The first-order chi connectivity index (χ1) is 9.76. The Morgan fingerprint density at radius 2 is 1.71 bits per heavy atom. The number of carbonyl (C=O) groups is 1. The fraction of sp³-hybridized carbons (Fsp3) is 0.0714. The lowest BCUT2D eigenvalue weighted by molar-refractivity contribution is -0.274. The van der Waals surface area contributed by atoms with Gasteiger partial charge in [-0.15, -0.1) is 13.2 Å². The van der Waals surface area contributed by atoms with E-state index in [1.807, 2.05) is 0 Å². The third-order valence-corrected chi connectivity index (χ3v) is 2.62. The van der Waals surface area contributed by atoms with E-state index in [0.717, 1.165) is 12.1 Å². The molecule has 0 atom stereocenters. The van der Waals surface area contributed by atoms with E-state index >= 15 is 0 Å². The molecule has 0 unspecified atom stereocenters. The van der Waals surface area contributed by atoms with Crippen LogP contribution in [0.5, 0.6) is 11.5 Å². The van der Waals surface area contributed by atoms with Gasteiger partial charge in [0.25, 0.3) is 0 Å². The van der Waals surface area contributed by atoms with Crippen LogP contribution in [-0.4, -0.2) is 22.5 Å². The number of hydrogen-bond acceptors (Lipinski definition) is 3. The standard InChI is InChI=1S/C14H9F3O4/c15-14(16,17)21-12-5-4-9(7-11(12)13(19)20)8-2-1-3-10(18)6-8/h1-7,18H,(H,19,20). The molecule has 4 nitrogen and oxygen atoms in total. The molecule has 0 aliphatic rings. The zero-order valence-corrected chi connectivity index (χ0v) is 10.4. The minimum Gasteiger partial charge on any atom is -0.508 e. The van der Waals surface area contributed by atoms with E-state index in [9.17, 15) is 23.1 Å². The van der Waals surface area contributed by atoms with Crippen molar-refractivity contribution in [1.82, 2.24) is 0 Å². The average molecular weight is 298 g/mol. The number of ether oxygens (including phenoxy) is 1. The molecule has 110 valence electrons. The maximum Gasteiger partial charge on any atom is 0.573 e. The van der Waals surface area contributed by atoms with Gasteiger partial charge in [-0.2, -0.15) is 0 Å². The smallest absolute Gasteiger partial charge is 0.508 e. The van der Waals surface area contributed by atoms with Crippen LogP contribution in [0.25, 0.3) is 11.1 Å². The Bertz CT molecular complexity index is 680. The number of carboxylic acids is 1. The minimum absolute atomic E-state index is 0.0417. The van der Waals surface area contributed by atoms with E-state index in [2.05, 4.69) is 4.74 Å². The Morgan fingerprint density at radius 1 is 1.05 bits per heavy atom. The number of rotatable bonds is 3. The number of benzene rings is 2. The summed E-state index contributed by atoms with van der Waals surface area (Å²) in [5, 5.41) is 18.4. The van der Waals surface area contributed by atoms with Gasteiger partial charge in [0, 0.05) is 0 Å². The van der Waals surface area contributed by atoms with Crippen molar-refractivity contribution in [2.75, 3.05) is 0 Å². The van der Waals surface area contributed by atoms with E-state index in [4.69, 9.17) is 5.11 Å². The number of alkyl halides is 3. The topological polar surface area (TPSA) is 66.8 Å². The van der Waals surface area contributed by atoms with E-state index < -0.39 is 23.6 Å². The van der Waals surface area contributed by atoms with Gasteiger partial charge in [-0.3, -0.25) is 0 Å². The second-order valence-electron chi connectivity index (χ2n) is 4.11. The van der Waals surface area contributed by atoms with Crippen LogP contribution in [0.1, 0.15) is 10.4 Å². The molecular formula is C14H9F3O4. The molecule has 0 amide bonds. The lowest BCUT2D eigenvalue weighted by atomic mass is 10.0. The summed E-state index contributed by atoms with van der Waals surface area (Å²) >= 11 is 0. The Kier molecular flexibility index (Phi) is 3.75. The monoisotopic (exact) mass is 298 g/mol. The second kappa shape index (κ2) is 5.35. The largest absolute Gasteiger partial charge is 0.573 e. The third kappa shape index (κ3) is 3.65. The highest BCUT2D eigenvalue weighted by Gasteiger charge is 2.33. The minimum atomic E-state index is -4.98. The van der Waals surface area contributed by atoms with Gasteiger partial charge in [0.1, 0.15) is 17.1 Å². The molecule has 0 saturated heterocycles. The summed E-state index contributed by atoms with van der Waals surface area (Å²) in [7, 11) is 0. The van der Waals surface area contributed by atoms with Gasteiger partial charge in [0.15, 0.2) is 0 Å². The Morgan fingerprint density at radius 3 is 2.29 bits per heavy atom. The number of aromatic carboxylic acids is 1. The summed E-state index contributed by atoms with van der Waals surface area (Å²) < 4.78 is 40.3. The van der Waals surface area contributed by atoms with Crippen molar-refractivity contribution < 1.29 is 32.9 Å². The predicted molar refractivity (Wildman–Crippen MR) is 67.2 cm³/mol. The number of halogens is 3. The molecule has 0 bridgehead atoms. The van der Waals surface area contributed by atoms with Crippen molar-refractivity contribution in [1.29, 1.82) is 0 Å². The number of phenols is 1. The first kappa shape index (κ1) is 14.7. The molecule has 7 heteroatoms. The van der Waals surface area contributed by atoms with E-state index in [0.29, 0.717) is 11.1 Å². The Labute approximate surface area is 117 Å². The highest BCUT2D eigenvalue weighted by molar-refractivity contribution is 5.92. The van der Waals surface area contributed by atoms with Crippen LogP contribution in [0, 0.1) is 0 Å². The quantitative estimate of drug-likeness (QED) is 0.907. The average Bonchev–Trinajstić information content (AvgIpc) is 2.37. The van der Waals surface area contributed by atoms with Gasteiger partial charge < -0.3 is 14.9 Å². The Balaban J connectivity index is 2.48. The third-order valence-electron chi connectivity index (χ3n) is 2.62. The molecule has 0 saturated carbocycles. The highest BCUT2D eigenvalue weighted by Crippen LogP contribution is 2.31. The summed E-state index contributed by atoms with van der Waals surface area (Å²) in [5.41, 5.74) is 0.196. The van der Waals surface area contributed by atoms with Crippen LogP contribution >= 0.6 is 0 Å². The van der Waals surface area contributed by atoms with Crippen molar-refractivity contribution in [3.63, 3.8) is 0 Å². The van der Waals surface area contributed by atoms with Crippen LogP contribution in [0.15, 0.2) is 42.5 Å². The molecule has 0 aliphatic heterocycles. The zero-order valence-electron chi connectivity index (χ0n) is 10.4. The van der Waals surface area contributed by atoms with Crippen molar-refractivity contribution >= 4 is 5.97 Å². The fourth-order valence-electron chi connectivity index (χ4n) is 1.78. The summed E-state index contributed by atoms with van der Waals surface area (Å²) in [4.78, 5) is 11.1. The molecule has 0 aromatic heterocycles. The fourth-order valence-corrected chi connectivity index (χ4v) is 1.78. The maximum atomic E-state index is 12.2. The van der Waals surface area contributed by atoms with Gasteiger partial charge in [-0.25, -0.2) is 4.79 Å². The van der Waals surface area contributed by atoms with E-state index in [-0.39, 0.29) is 5.75 Å². The van der Waals surface area contributed by atoms with E-state index in [1.165, 1.54) is 24.3 Å². The summed E-state index contributed by atoms with van der Waals surface area (Å²) in [6, 6.07) is 9.17. The molecular weight excluding hydrogens is 289 g/mol. The first-order valence-electron chi connectivity index (χ1n) is 5.69. The van der Waals surface area contributed by atoms with Crippen molar-refractivity contribution in [3.8, 4) is 22.6 Å². The molecule has 0 spiro atoms. The molecule has 2 aromatic carbocycles. The highest BCUT2D eigenvalue weighted by atomic mass is 19.4. The lowest BCUT2D eigenvalue weighted by Gasteiger charge is -2.12. The number of carboxylic acid groups (broad SMARTS) is 1. The van der Waals surface area contributed by atoms with Gasteiger partial charge in [0.05, 0.1) is 0 Å². The zero-order chi connectivity index (χ0) is 15.6. The number of phenolic OH excluding ortho intramolecular Hbond substituents is 1. The SMILES string of the molecule is O=C(O)c1cc(-c2cccc(O)c2)ccc1OC(F)(F)F. The number of aromatic hydroxyl groups is 1. The lowest BCUT2D eigenvalue weighted by Crippen LogP contribution is -2.19. The van der Waals surface area contributed by atoms with Crippen LogP contribution in [0.2, 0.25) is 0 Å². The van der Waals surface area contributed by atoms with Gasteiger partial charge >= 0.3 is 12.3 Å². The van der Waals surface area contributed by atoms with Crippen molar-refractivity contribution in [3.05, 3.63) is 48.0 Å². The summed E-state index contributed by atoms with van der Waals surface area (Å²) in [6.07, 6.45) is -4.98. The summed E-state index contributed by atoms with van der Waals surface area (Å²) in [6.45, 7) is 0. The second-order valence-corrected chi connectivity index (χ2v) is 4.11. The molecule has 2 rings (SSSR count). The molecule has 2 aromatic rings. The van der Waals surface area contributed by atoms with Gasteiger partial charge in [-0.05, 0) is 35.4 Å². The van der Waals surface area contributed by atoms with Crippen LogP contribution < -0.4 is 4.74 Å². The molecule has 0 heterocycles. The normalized spacial score (nSPS) is 11.2. The van der Waals surface area contributed by atoms with Crippen LogP contribution in [-0.2, 0) is 0 Å². The van der Waals surface area contributed by atoms with Gasteiger partial charge in [0.2, 0.25) is 0 Å². The van der Waals surface area contributed by atoms with Crippen molar-refractivity contribution in [2.45, 2.75) is 6.36 Å². The van der Waals surface area contributed by atoms with Crippen molar-refractivity contribution in [2.24, 2.45) is 0 Å². The van der Waals surface area contributed by atoms with Gasteiger partial charge in [-0.1, -0.05) is 18.2 Å². The maximum absolute atomic E-state index is 12.2. The first-order valence-corrected chi connectivity index (χ1v) is 5.69. The molecule has 0 aliphatic carbocycles. The molecule has 0 radical (unpaired) electrons. The molecule has 21 heavy (non-hydrogen) atoms. The van der Waals surface area contributed by atoms with Crippen LogP contribution in [0.3, 0.4) is 0 Å². The number of hydrogen-bond donors (Lipinski definition) is 2. The molecule has 2 N–H and O–H groups in total. The van der Waals surface area contributed by atoms with E-state index in [1.54, 1.807) is 6.07 Å². The Hall–Kier alpha value is -2.70. The van der Waals surface area contributed by atoms with Crippen LogP contribution in [0.4, 0.5) is 13.2 Å².